The largest absolute Gasteiger partial charge is 0.389 e. The van der Waals surface area contributed by atoms with Crippen LogP contribution in [0.5, 0.6) is 0 Å². The lowest BCUT2D eigenvalue weighted by Crippen LogP contribution is -2.34. The number of aliphatic hydroxyl groups is 1. The molecule has 0 spiro atoms. The summed E-state index contributed by atoms with van der Waals surface area (Å²) in [4.78, 5) is 0. The zero-order valence-corrected chi connectivity index (χ0v) is 13.1. The second-order valence-electron chi connectivity index (χ2n) is 6.86. The van der Waals surface area contributed by atoms with Gasteiger partial charge < -0.3 is 15.2 Å². The summed E-state index contributed by atoms with van der Waals surface area (Å²) in [5, 5.41) is 13.3. The first-order valence-corrected chi connectivity index (χ1v) is 8.27. The number of aliphatic hydroxyl groups excluding tert-OH is 1. The molecule has 2 aliphatic rings. The molecule has 116 valence electrons. The Morgan fingerprint density at radius 1 is 1.35 bits per heavy atom. The van der Waals surface area contributed by atoms with Gasteiger partial charge >= 0.3 is 0 Å². The van der Waals surface area contributed by atoms with E-state index in [1.165, 1.54) is 19.3 Å². The molecule has 0 aromatic carbocycles. The molecule has 3 heteroatoms. The summed E-state index contributed by atoms with van der Waals surface area (Å²) in [6.07, 6.45) is 10.4. The van der Waals surface area contributed by atoms with Crippen LogP contribution in [0.2, 0.25) is 0 Å². The highest BCUT2D eigenvalue weighted by Crippen LogP contribution is 2.47. The maximum Gasteiger partial charge on any atom is 0.0897 e. The third-order valence-electron chi connectivity index (χ3n) is 5.15. The molecule has 0 radical (unpaired) electrons. The van der Waals surface area contributed by atoms with Gasteiger partial charge in [0.05, 0.1) is 19.3 Å². The van der Waals surface area contributed by atoms with E-state index in [-0.39, 0.29) is 6.10 Å². The third-order valence-corrected chi connectivity index (χ3v) is 5.15. The second-order valence-corrected chi connectivity index (χ2v) is 6.86. The van der Waals surface area contributed by atoms with E-state index in [0.717, 1.165) is 26.0 Å². The Kier molecular flexibility index (Phi) is 6.06. The van der Waals surface area contributed by atoms with Gasteiger partial charge in [-0.25, -0.2) is 0 Å². The van der Waals surface area contributed by atoms with Gasteiger partial charge in [-0.3, -0.25) is 0 Å². The van der Waals surface area contributed by atoms with Gasteiger partial charge in [-0.2, -0.15) is 0 Å². The summed E-state index contributed by atoms with van der Waals surface area (Å²) >= 11 is 0. The summed E-state index contributed by atoms with van der Waals surface area (Å²) in [5.41, 5.74) is 0.546. The van der Waals surface area contributed by atoms with E-state index in [0.29, 0.717) is 30.4 Å². The first-order valence-electron chi connectivity index (χ1n) is 8.27. The molecule has 0 aromatic rings. The van der Waals surface area contributed by atoms with Gasteiger partial charge in [0, 0.05) is 13.1 Å². The monoisotopic (exact) mass is 281 g/mol. The molecule has 2 aliphatic carbocycles. The maximum atomic E-state index is 9.93. The highest BCUT2D eigenvalue weighted by molar-refractivity contribution is 4.94. The van der Waals surface area contributed by atoms with Gasteiger partial charge in [-0.15, -0.1) is 0 Å². The standard InChI is InChI=1S/C17H31NO2/c1-3-17(8-9-17)13-18-10-16(19)12-20-11-15-7-5-4-6-14(15)2/h4-5,14-16,18-19H,3,6-13H2,1-2H3. The lowest BCUT2D eigenvalue weighted by Gasteiger charge is -2.25. The molecule has 0 saturated heterocycles. The van der Waals surface area contributed by atoms with E-state index in [4.69, 9.17) is 4.74 Å². The molecule has 1 saturated carbocycles. The van der Waals surface area contributed by atoms with Crippen LogP contribution >= 0.6 is 0 Å². The van der Waals surface area contributed by atoms with Crippen molar-refractivity contribution in [3.8, 4) is 0 Å². The van der Waals surface area contributed by atoms with Crippen molar-refractivity contribution in [1.82, 2.24) is 5.32 Å². The van der Waals surface area contributed by atoms with Crippen molar-refractivity contribution >= 4 is 0 Å². The average Bonchev–Trinajstić information content (AvgIpc) is 3.21. The number of ether oxygens (including phenoxy) is 1. The van der Waals surface area contributed by atoms with Gasteiger partial charge in [-0.1, -0.05) is 26.0 Å². The third kappa shape index (κ3) is 4.87. The number of nitrogens with one attached hydrogen (secondary N) is 1. The fourth-order valence-electron chi connectivity index (χ4n) is 2.99. The molecule has 3 atom stereocenters. The molecule has 2 rings (SSSR count). The minimum atomic E-state index is -0.378. The van der Waals surface area contributed by atoms with E-state index in [1.54, 1.807) is 0 Å². The molecule has 20 heavy (non-hydrogen) atoms. The molecule has 0 heterocycles. The second kappa shape index (κ2) is 7.58. The number of allylic oxidation sites excluding steroid dienone is 2. The predicted octanol–water partition coefficient (Wildman–Crippen LogP) is 2.75. The predicted molar refractivity (Wildman–Crippen MR) is 82.7 cm³/mol. The summed E-state index contributed by atoms with van der Waals surface area (Å²) in [5.74, 6) is 1.32. The summed E-state index contributed by atoms with van der Waals surface area (Å²) in [6.45, 7) is 7.48. The topological polar surface area (TPSA) is 41.5 Å². The zero-order chi connectivity index (χ0) is 14.4. The molecule has 3 unspecified atom stereocenters. The Bertz CT molecular complexity index is 312. The average molecular weight is 281 g/mol. The van der Waals surface area contributed by atoms with Crippen LogP contribution in [0.1, 0.15) is 46.0 Å². The molecular formula is C17H31NO2. The Morgan fingerprint density at radius 3 is 2.75 bits per heavy atom. The lowest BCUT2D eigenvalue weighted by molar-refractivity contribution is 0.0125. The summed E-state index contributed by atoms with van der Waals surface area (Å²) in [6, 6.07) is 0. The zero-order valence-electron chi connectivity index (χ0n) is 13.1. The van der Waals surface area contributed by atoms with Crippen LogP contribution < -0.4 is 5.32 Å². The van der Waals surface area contributed by atoms with Gasteiger partial charge in [0.2, 0.25) is 0 Å². The van der Waals surface area contributed by atoms with E-state index >= 15 is 0 Å². The van der Waals surface area contributed by atoms with Crippen molar-refractivity contribution in [2.45, 2.75) is 52.1 Å². The van der Waals surface area contributed by atoms with Crippen LogP contribution in [0, 0.1) is 17.3 Å². The Balaban J connectivity index is 1.51. The minimum absolute atomic E-state index is 0.378. The first kappa shape index (κ1) is 16.0. The van der Waals surface area contributed by atoms with E-state index in [9.17, 15) is 5.11 Å². The quantitative estimate of drug-likeness (QED) is 0.639. The van der Waals surface area contributed by atoms with E-state index in [2.05, 4.69) is 31.3 Å². The van der Waals surface area contributed by atoms with Crippen molar-refractivity contribution in [2.24, 2.45) is 17.3 Å². The van der Waals surface area contributed by atoms with Crippen molar-refractivity contribution in [3.05, 3.63) is 12.2 Å². The molecule has 0 aromatic heterocycles. The molecule has 0 amide bonds. The van der Waals surface area contributed by atoms with Crippen molar-refractivity contribution in [2.75, 3.05) is 26.3 Å². The van der Waals surface area contributed by atoms with Gasteiger partial charge in [0.25, 0.3) is 0 Å². The fraction of sp³-hybridized carbons (Fsp3) is 0.882. The molecule has 3 nitrogen and oxygen atoms in total. The van der Waals surface area contributed by atoms with E-state index in [1.807, 2.05) is 0 Å². The smallest absolute Gasteiger partial charge is 0.0897 e. The van der Waals surface area contributed by atoms with Gasteiger partial charge in [0.1, 0.15) is 0 Å². The van der Waals surface area contributed by atoms with Crippen molar-refractivity contribution < 1.29 is 9.84 Å². The Hall–Kier alpha value is -0.380. The first-order chi connectivity index (χ1) is 9.65. The van der Waals surface area contributed by atoms with Crippen LogP contribution in [0.3, 0.4) is 0 Å². The maximum absolute atomic E-state index is 9.93. The van der Waals surface area contributed by atoms with Gasteiger partial charge in [0.15, 0.2) is 0 Å². The van der Waals surface area contributed by atoms with Crippen LogP contribution in [0.15, 0.2) is 12.2 Å². The number of rotatable bonds is 9. The van der Waals surface area contributed by atoms with Crippen LogP contribution in [-0.4, -0.2) is 37.5 Å². The fourth-order valence-corrected chi connectivity index (χ4v) is 2.99. The minimum Gasteiger partial charge on any atom is -0.389 e. The summed E-state index contributed by atoms with van der Waals surface area (Å²) in [7, 11) is 0. The SMILES string of the molecule is CCC1(CNCC(O)COCC2CC=CCC2C)CC1. The molecule has 1 fully saturated rings. The van der Waals surface area contributed by atoms with Crippen LogP contribution in [-0.2, 0) is 4.74 Å². The van der Waals surface area contributed by atoms with Crippen LogP contribution in [0.25, 0.3) is 0 Å². The normalized spacial score (nSPS) is 29.4. The highest BCUT2D eigenvalue weighted by Gasteiger charge is 2.39. The highest BCUT2D eigenvalue weighted by atomic mass is 16.5. The van der Waals surface area contributed by atoms with Crippen LogP contribution in [0.4, 0.5) is 0 Å². The Labute approximate surface area is 123 Å². The molecule has 0 bridgehead atoms. The van der Waals surface area contributed by atoms with Crippen molar-refractivity contribution in [1.29, 1.82) is 0 Å². The number of hydrogen-bond donors (Lipinski definition) is 2. The number of hydrogen-bond acceptors (Lipinski definition) is 3. The van der Waals surface area contributed by atoms with Crippen molar-refractivity contribution in [3.63, 3.8) is 0 Å². The summed E-state index contributed by atoms with van der Waals surface area (Å²) < 4.78 is 5.71. The molecule has 2 N–H and O–H groups in total. The van der Waals surface area contributed by atoms with E-state index < -0.39 is 0 Å². The van der Waals surface area contributed by atoms with Gasteiger partial charge in [-0.05, 0) is 49.4 Å². The molecular weight excluding hydrogens is 250 g/mol. The Morgan fingerprint density at radius 2 is 2.10 bits per heavy atom. The lowest BCUT2D eigenvalue weighted by atomic mass is 9.85. The molecule has 0 aliphatic heterocycles.